The number of alkyl halides is 3. The molecule has 35 heavy (non-hydrogen) atoms. The summed E-state index contributed by atoms with van der Waals surface area (Å²) in [5, 5.41) is 8.18. The molecule has 1 aliphatic carbocycles. The Bertz CT molecular complexity index is 996. The van der Waals surface area contributed by atoms with Gasteiger partial charge in [-0.1, -0.05) is 27.3 Å². The first-order valence-electron chi connectivity index (χ1n) is 11.5. The molecule has 196 valence electrons. The van der Waals surface area contributed by atoms with Crippen molar-refractivity contribution < 1.29 is 22.0 Å². The van der Waals surface area contributed by atoms with Crippen LogP contribution in [0.5, 0.6) is 0 Å². The zero-order valence-electron chi connectivity index (χ0n) is 20.0. The van der Waals surface area contributed by atoms with Gasteiger partial charge in [-0.2, -0.15) is 13.2 Å². The van der Waals surface area contributed by atoms with Crippen molar-refractivity contribution in [3.05, 3.63) is 53.0 Å². The Balaban J connectivity index is 0.00000140. The first-order chi connectivity index (χ1) is 16.1. The fourth-order valence-electron chi connectivity index (χ4n) is 4.62. The Labute approximate surface area is 209 Å². The molecule has 1 aliphatic heterocycles. The second kappa shape index (κ2) is 11.8. The molecule has 5 nitrogen and oxygen atoms in total. The topological polar surface area (TPSA) is 56.4 Å². The second-order valence-corrected chi connectivity index (χ2v) is 9.76. The molecule has 1 saturated carbocycles. The number of nitrogens with one attached hydrogen (secondary N) is 1. The van der Waals surface area contributed by atoms with Crippen molar-refractivity contribution >= 4 is 17.6 Å². The van der Waals surface area contributed by atoms with Gasteiger partial charge in [-0.05, 0) is 55.7 Å². The van der Waals surface area contributed by atoms with Gasteiger partial charge in [-0.25, -0.2) is 9.37 Å². The lowest BCUT2D eigenvalue weighted by molar-refractivity contribution is -0.140. The first kappa shape index (κ1) is 29.2. The molecule has 0 amide bonds. The van der Waals surface area contributed by atoms with E-state index in [2.05, 4.69) is 9.88 Å². The number of likely N-dealkylation sites (tertiary alicyclic amines) is 1. The van der Waals surface area contributed by atoms with Crippen LogP contribution in [0.1, 0.15) is 56.7 Å². The van der Waals surface area contributed by atoms with Gasteiger partial charge in [0.05, 0.1) is 17.1 Å². The SMILES string of the molecule is C.CC.Cc1ncoc1C(=N)N(C)CSCCCN1CC2C[C@@]2(c2ccc(C(F)(F)F)c(F)c2)C1. The van der Waals surface area contributed by atoms with E-state index in [0.29, 0.717) is 34.6 Å². The maximum atomic E-state index is 14.0. The number of aromatic nitrogens is 1. The van der Waals surface area contributed by atoms with Gasteiger partial charge in [0.1, 0.15) is 5.82 Å². The summed E-state index contributed by atoms with van der Waals surface area (Å²) in [4.78, 5) is 8.16. The minimum Gasteiger partial charge on any atom is -0.440 e. The predicted molar refractivity (Wildman–Crippen MR) is 133 cm³/mol. The van der Waals surface area contributed by atoms with Crippen LogP contribution in [0.2, 0.25) is 0 Å². The summed E-state index contributed by atoms with van der Waals surface area (Å²) in [6.07, 6.45) is -1.44. The van der Waals surface area contributed by atoms with Crippen molar-refractivity contribution in [2.24, 2.45) is 5.92 Å². The van der Waals surface area contributed by atoms with E-state index in [4.69, 9.17) is 9.83 Å². The molecule has 2 fully saturated rings. The van der Waals surface area contributed by atoms with E-state index >= 15 is 0 Å². The van der Waals surface area contributed by atoms with Crippen LogP contribution >= 0.6 is 11.8 Å². The molecule has 0 radical (unpaired) electrons. The Morgan fingerprint density at radius 1 is 1.34 bits per heavy atom. The molecule has 1 unspecified atom stereocenters. The Kier molecular flexibility index (Phi) is 9.81. The van der Waals surface area contributed by atoms with E-state index in [1.807, 2.05) is 25.8 Å². The highest BCUT2D eigenvalue weighted by atomic mass is 32.2. The average molecular weight is 517 g/mol. The molecule has 2 heterocycles. The van der Waals surface area contributed by atoms with Crippen LogP contribution < -0.4 is 0 Å². The van der Waals surface area contributed by atoms with E-state index < -0.39 is 17.6 Å². The molecule has 1 saturated heterocycles. The van der Waals surface area contributed by atoms with E-state index in [9.17, 15) is 17.6 Å². The van der Waals surface area contributed by atoms with Gasteiger partial charge < -0.3 is 14.2 Å². The van der Waals surface area contributed by atoms with Crippen molar-refractivity contribution in [3.8, 4) is 0 Å². The number of amidine groups is 1. The minimum absolute atomic E-state index is 0. The van der Waals surface area contributed by atoms with Crippen molar-refractivity contribution in [1.29, 1.82) is 5.41 Å². The molecule has 0 spiro atoms. The molecule has 1 aromatic heterocycles. The normalized spacial score (nSPS) is 21.0. The van der Waals surface area contributed by atoms with Crippen LogP contribution in [0.3, 0.4) is 0 Å². The van der Waals surface area contributed by atoms with Gasteiger partial charge in [0.25, 0.3) is 0 Å². The lowest BCUT2D eigenvalue weighted by atomic mass is 9.93. The molecule has 10 heteroatoms. The second-order valence-electron chi connectivity index (χ2n) is 8.69. The number of halogens is 4. The van der Waals surface area contributed by atoms with Gasteiger partial charge >= 0.3 is 6.18 Å². The molecule has 2 atom stereocenters. The maximum absolute atomic E-state index is 14.0. The number of thioether (sulfide) groups is 1. The summed E-state index contributed by atoms with van der Waals surface area (Å²) in [6.45, 7) is 8.38. The van der Waals surface area contributed by atoms with Crippen molar-refractivity contribution in [1.82, 2.24) is 14.8 Å². The van der Waals surface area contributed by atoms with Gasteiger partial charge in [0, 0.05) is 25.6 Å². The number of hydrogen-bond acceptors (Lipinski definition) is 5. The lowest BCUT2D eigenvalue weighted by Gasteiger charge is -2.22. The van der Waals surface area contributed by atoms with Crippen LogP contribution in [0.25, 0.3) is 0 Å². The first-order valence-corrected chi connectivity index (χ1v) is 12.6. The quantitative estimate of drug-likeness (QED) is 0.144. The number of nitrogens with zero attached hydrogens (tertiary/aromatic N) is 3. The number of rotatable bonds is 8. The third-order valence-electron chi connectivity index (χ3n) is 6.46. The van der Waals surface area contributed by atoms with E-state index in [-0.39, 0.29) is 12.8 Å². The zero-order valence-corrected chi connectivity index (χ0v) is 20.8. The molecule has 2 aliphatic rings. The summed E-state index contributed by atoms with van der Waals surface area (Å²) in [7, 11) is 1.85. The van der Waals surface area contributed by atoms with Crippen molar-refractivity contribution in [2.75, 3.05) is 38.3 Å². The third kappa shape index (κ3) is 6.39. The van der Waals surface area contributed by atoms with Gasteiger partial charge in [-0.15, -0.1) is 11.8 Å². The highest BCUT2D eigenvalue weighted by molar-refractivity contribution is 7.99. The molecule has 2 aromatic rings. The summed E-state index contributed by atoms with van der Waals surface area (Å²) in [6, 6.07) is 3.41. The summed E-state index contributed by atoms with van der Waals surface area (Å²) in [5.41, 5.74) is -0.00483. The Hall–Kier alpha value is -2.07. The number of benzene rings is 1. The van der Waals surface area contributed by atoms with Crippen molar-refractivity contribution in [3.63, 3.8) is 0 Å². The summed E-state index contributed by atoms with van der Waals surface area (Å²) >= 11 is 1.73. The fraction of sp³-hybridized carbons (Fsp3) is 0.600. The Morgan fingerprint density at radius 2 is 2.06 bits per heavy atom. The number of hydrogen-bond donors (Lipinski definition) is 1. The number of aryl methyl sites for hydroxylation is 1. The number of piperidine rings is 1. The van der Waals surface area contributed by atoms with Crippen LogP contribution in [0.15, 0.2) is 29.0 Å². The largest absolute Gasteiger partial charge is 0.440 e. The monoisotopic (exact) mass is 516 g/mol. The average Bonchev–Trinajstić information content (AvgIpc) is 3.12. The van der Waals surface area contributed by atoms with Gasteiger partial charge in [0.15, 0.2) is 18.0 Å². The molecular weight excluding hydrogens is 480 g/mol. The molecule has 4 rings (SSSR count). The van der Waals surface area contributed by atoms with Crippen LogP contribution in [-0.4, -0.2) is 58.9 Å². The highest BCUT2D eigenvalue weighted by Gasteiger charge is 2.60. The fourth-order valence-corrected chi connectivity index (χ4v) is 5.48. The predicted octanol–water partition coefficient (Wildman–Crippen LogP) is 6.41. The Morgan fingerprint density at radius 3 is 2.66 bits per heavy atom. The lowest BCUT2D eigenvalue weighted by Crippen LogP contribution is -2.28. The summed E-state index contributed by atoms with van der Waals surface area (Å²) in [5.74, 6) is 1.59. The smallest absolute Gasteiger partial charge is 0.419 e. The molecular formula is C25H36F4N4OS. The van der Waals surface area contributed by atoms with Gasteiger partial charge in [0.2, 0.25) is 0 Å². The highest BCUT2D eigenvalue weighted by Crippen LogP contribution is 2.59. The standard InChI is InChI=1S/C22H26F4N4OS.C2H6.CH4/c1-14-19(31-12-28-14)20(27)29(2)13-32-7-3-6-30-10-16-9-21(16,11-30)15-4-5-17(18(23)8-15)22(24,25)26;1-2;/h4-5,8,12,16,27H,3,6-7,9-11,13H2,1-2H3;1-2H3;1H4/t16?,21-;;/m0../s1. The van der Waals surface area contributed by atoms with Crippen LogP contribution in [0, 0.1) is 24.1 Å². The molecule has 1 N–H and O–H groups in total. The molecule has 0 bridgehead atoms. The van der Waals surface area contributed by atoms with E-state index in [1.54, 1.807) is 18.7 Å². The van der Waals surface area contributed by atoms with Crippen LogP contribution in [0.4, 0.5) is 17.6 Å². The van der Waals surface area contributed by atoms with Crippen LogP contribution in [-0.2, 0) is 11.6 Å². The summed E-state index contributed by atoms with van der Waals surface area (Å²) < 4.78 is 57.8. The zero-order chi connectivity index (χ0) is 25.1. The number of oxazole rings is 1. The van der Waals surface area contributed by atoms with Crippen molar-refractivity contribution in [2.45, 2.75) is 52.6 Å². The maximum Gasteiger partial charge on any atom is 0.419 e. The number of fused-ring (bicyclic) bond motifs is 1. The molecule has 1 aromatic carbocycles. The third-order valence-corrected chi connectivity index (χ3v) is 7.60. The van der Waals surface area contributed by atoms with Gasteiger partial charge in [-0.3, -0.25) is 5.41 Å². The van der Waals surface area contributed by atoms with E-state index in [0.717, 1.165) is 50.4 Å². The van der Waals surface area contributed by atoms with E-state index in [1.165, 1.54) is 12.5 Å². The minimum atomic E-state index is -4.66.